The first-order valence-electron chi connectivity index (χ1n) is 9.04. The number of aryl methyl sites for hydroxylation is 1. The van der Waals surface area contributed by atoms with Crippen molar-refractivity contribution in [2.24, 2.45) is 0 Å². The number of ether oxygens (including phenoxy) is 1. The number of amides is 1. The van der Waals surface area contributed by atoms with Crippen LogP contribution in [-0.2, 0) is 11.3 Å². The van der Waals surface area contributed by atoms with Crippen LogP contribution >= 0.6 is 11.3 Å². The molecule has 3 aromatic heterocycles. The lowest BCUT2D eigenvalue weighted by molar-refractivity contribution is -0.114. The molecular formula is C18H21FN6O2S. The summed E-state index contributed by atoms with van der Waals surface area (Å²) in [5.41, 5.74) is 0.780. The summed E-state index contributed by atoms with van der Waals surface area (Å²) in [6.45, 7) is 6.44. The van der Waals surface area contributed by atoms with Gasteiger partial charge in [-0.25, -0.2) is 9.50 Å². The zero-order valence-corrected chi connectivity index (χ0v) is 16.7. The third-order valence-electron chi connectivity index (χ3n) is 4.66. The largest absolute Gasteiger partial charge is 0.487 e. The molecule has 28 heavy (non-hydrogen) atoms. The Morgan fingerprint density at radius 2 is 2.25 bits per heavy atom. The standard InChI is InChI=1S/C18H21FN6O2S/c1-10-6-14(27-13-4-5-16-20-11(2)23-25(16)8-13)7-24(10)9-15-17(19)22-18(28-15)21-12(3)26/h4-5,8,10,14H,6-7,9H2,1-3H3,(H,21,22,26)/t10-,14+/m0/s1. The molecule has 0 unspecified atom stereocenters. The van der Waals surface area contributed by atoms with Gasteiger partial charge >= 0.3 is 0 Å². The van der Waals surface area contributed by atoms with Crippen molar-refractivity contribution in [3.63, 3.8) is 0 Å². The van der Waals surface area contributed by atoms with Crippen LogP contribution in [0.5, 0.6) is 5.75 Å². The second-order valence-electron chi connectivity index (χ2n) is 6.99. The van der Waals surface area contributed by atoms with E-state index in [0.29, 0.717) is 23.8 Å². The van der Waals surface area contributed by atoms with E-state index >= 15 is 0 Å². The molecule has 1 aliphatic heterocycles. The smallest absolute Gasteiger partial charge is 0.230 e. The van der Waals surface area contributed by atoms with E-state index in [1.54, 1.807) is 4.52 Å². The Morgan fingerprint density at radius 3 is 3.04 bits per heavy atom. The zero-order valence-electron chi connectivity index (χ0n) is 15.8. The van der Waals surface area contributed by atoms with Crippen LogP contribution in [0.2, 0.25) is 0 Å². The van der Waals surface area contributed by atoms with E-state index in [2.05, 4.69) is 32.2 Å². The monoisotopic (exact) mass is 404 g/mol. The molecule has 0 spiro atoms. The molecule has 1 fully saturated rings. The number of anilines is 1. The number of fused-ring (bicyclic) bond motifs is 1. The average molecular weight is 404 g/mol. The van der Waals surface area contributed by atoms with E-state index in [-0.39, 0.29) is 23.2 Å². The first-order chi connectivity index (χ1) is 13.4. The van der Waals surface area contributed by atoms with Crippen LogP contribution in [0, 0.1) is 12.9 Å². The fourth-order valence-electron chi connectivity index (χ4n) is 3.41. The molecule has 1 saturated heterocycles. The molecule has 1 N–H and O–H groups in total. The third kappa shape index (κ3) is 3.97. The van der Waals surface area contributed by atoms with E-state index in [1.165, 1.54) is 18.3 Å². The summed E-state index contributed by atoms with van der Waals surface area (Å²) in [4.78, 5) is 21.9. The van der Waals surface area contributed by atoms with Gasteiger partial charge in [0.05, 0.1) is 11.1 Å². The Morgan fingerprint density at radius 1 is 1.43 bits per heavy atom. The van der Waals surface area contributed by atoms with Crippen molar-refractivity contribution in [2.75, 3.05) is 11.9 Å². The molecule has 1 amide bonds. The minimum atomic E-state index is -0.530. The quantitative estimate of drug-likeness (QED) is 0.704. The molecule has 4 heterocycles. The number of halogens is 1. The van der Waals surface area contributed by atoms with Gasteiger partial charge in [-0.05, 0) is 26.0 Å². The second kappa shape index (κ2) is 7.44. The Labute approximate surface area is 165 Å². The van der Waals surface area contributed by atoms with E-state index < -0.39 is 5.95 Å². The molecule has 148 valence electrons. The van der Waals surface area contributed by atoms with E-state index in [4.69, 9.17) is 4.74 Å². The van der Waals surface area contributed by atoms with Crippen LogP contribution in [0.25, 0.3) is 5.65 Å². The fourth-order valence-corrected chi connectivity index (χ4v) is 4.32. The van der Waals surface area contributed by atoms with Crippen LogP contribution in [0.4, 0.5) is 9.52 Å². The second-order valence-corrected chi connectivity index (χ2v) is 8.08. The molecule has 8 nitrogen and oxygen atoms in total. The Balaban J connectivity index is 1.41. The highest BCUT2D eigenvalue weighted by Gasteiger charge is 2.31. The Kier molecular flexibility index (Phi) is 4.98. The van der Waals surface area contributed by atoms with Crippen molar-refractivity contribution >= 4 is 28.0 Å². The van der Waals surface area contributed by atoms with Crippen LogP contribution in [0.15, 0.2) is 18.3 Å². The van der Waals surface area contributed by atoms with Gasteiger partial charge in [-0.1, -0.05) is 11.3 Å². The lowest BCUT2D eigenvalue weighted by Crippen LogP contribution is -2.28. The maximum atomic E-state index is 14.1. The predicted octanol–water partition coefficient (Wildman–Crippen LogP) is 2.63. The SMILES string of the molecule is CC(=O)Nc1nc(F)c(CN2C[C@H](Oc3ccc4nc(C)nn4c3)C[C@@H]2C)s1. The molecular weight excluding hydrogens is 383 g/mol. The summed E-state index contributed by atoms with van der Waals surface area (Å²) in [6.07, 6.45) is 2.67. The van der Waals surface area contributed by atoms with Gasteiger partial charge < -0.3 is 10.1 Å². The van der Waals surface area contributed by atoms with Gasteiger partial charge in [-0.15, -0.1) is 0 Å². The van der Waals surface area contributed by atoms with Crippen molar-refractivity contribution in [2.45, 2.75) is 45.9 Å². The van der Waals surface area contributed by atoms with Crippen molar-refractivity contribution in [1.82, 2.24) is 24.5 Å². The molecule has 0 radical (unpaired) electrons. The summed E-state index contributed by atoms with van der Waals surface area (Å²) in [5.74, 6) is 0.650. The van der Waals surface area contributed by atoms with Crippen LogP contribution < -0.4 is 10.1 Å². The lowest BCUT2D eigenvalue weighted by Gasteiger charge is -2.19. The van der Waals surface area contributed by atoms with Crippen molar-refractivity contribution < 1.29 is 13.9 Å². The number of carbonyl (C=O) groups is 1. The highest BCUT2D eigenvalue weighted by atomic mass is 32.1. The Bertz CT molecular complexity index is 1020. The molecule has 0 saturated carbocycles. The van der Waals surface area contributed by atoms with Crippen molar-refractivity contribution in [3.8, 4) is 5.75 Å². The third-order valence-corrected chi connectivity index (χ3v) is 5.59. The number of nitrogens with one attached hydrogen (secondary N) is 1. The van der Waals surface area contributed by atoms with E-state index in [1.807, 2.05) is 25.3 Å². The van der Waals surface area contributed by atoms with Gasteiger partial charge in [-0.3, -0.25) is 9.69 Å². The van der Waals surface area contributed by atoms with Gasteiger partial charge in [0.1, 0.15) is 17.7 Å². The van der Waals surface area contributed by atoms with Gasteiger partial charge in [0.2, 0.25) is 11.9 Å². The maximum absolute atomic E-state index is 14.1. The minimum absolute atomic E-state index is 0.00265. The van der Waals surface area contributed by atoms with Gasteiger partial charge in [-0.2, -0.15) is 14.5 Å². The van der Waals surface area contributed by atoms with Crippen LogP contribution in [0.3, 0.4) is 0 Å². The number of thiazole rings is 1. The van der Waals surface area contributed by atoms with E-state index in [0.717, 1.165) is 17.8 Å². The van der Waals surface area contributed by atoms with Gasteiger partial charge in [0.15, 0.2) is 10.8 Å². The first kappa shape index (κ1) is 18.8. The highest BCUT2D eigenvalue weighted by molar-refractivity contribution is 7.15. The molecule has 0 aromatic carbocycles. The zero-order chi connectivity index (χ0) is 19.8. The summed E-state index contributed by atoms with van der Waals surface area (Å²) in [6, 6.07) is 4.01. The average Bonchev–Trinajstić information content (AvgIpc) is 3.24. The Hall–Kier alpha value is -2.59. The normalized spacial score (nSPS) is 20.0. The molecule has 2 atom stereocenters. The van der Waals surface area contributed by atoms with Crippen LogP contribution in [0.1, 0.15) is 31.0 Å². The maximum Gasteiger partial charge on any atom is 0.230 e. The number of rotatable bonds is 5. The number of nitrogens with zero attached hydrogens (tertiary/aromatic N) is 5. The fraction of sp³-hybridized carbons (Fsp3) is 0.444. The molecule has 3 aromatic rings. The van der Waals surface area contributed by atoms with Crippen LogP contribution in [-0.4, -0.2) is 49.1 Å². The molecule has 1 aliphatic rings. The lowest BCUT2D eigenvalue weighted by atomic mass is 10.2. The minimum Gasteiger partial charge on any atom is -0.487 e. The van der Waals surface area contributed by atoms with Gasteiger partial charge in [0, 0.05) is 32.5 Å². The summed E-state index contributed by atoms with van der Waals surface area (Å²) in [5, 5.41) is 7.12. The summed E-state index contributed by atoms with van der Waals surface area (Å²) >= 11 is 1.17. The highest BCUT2D eigenvalue weighted by Crippen LogP contribution is 2.28. The number of pyridine rings is 1. The number of aromatic nitrogens is 4. The van der Waals surface area contributed by atoms with Crippen molar-refractivity contribution in [1.29, 1.82) is 0 Å². The summed E-state index contributed by atoms with van der Waals surface area (Å²) < 4.78 is 21.9. The number of likely N-dealkylation sites (tertiary alicyclic amines) is 1. The van der Waals surface area contributed by atoms with Crippen molar-refractivity contribution in [3.05, 3.63) is 35.0 Å². The first-order valence-corrected chi connectivity index (χ1v) is 9.85. The van der Waals surface area contributed by atoms with E-state index in [9.17, 15) is 9.18 Å². The number of hydrogen-bond donors (Lipinski definition) is 1. The molecule has 0 aliphatic carbocycles. The predicted molar refractivity (Wildman–Crippen MR) is 103 cm³/mol. The molecule has 0 bridgehead atoms. The summed E-state index contributed by atoms with van der Waals surface area (Å²) in [7, 11) is 0. The number of carbonyl (C=O) groups excluding carboxylic acids is 1. The molecule has 4 rings (SSSR count). The molecule has 10 heteroatoms. The number of hydrogen-bond acceptors (Lipinski definition) is 7. The van der Waals surface area contributed by atoms with Gasteiger partial charge in [0.25, 0.3) is 0 Å². The topological polar surface area (TPSA) is 84.7 Å².